The quantitative estimate of drug-likeness (QED) is 0.129. The van der Waals surface area contributed by atoms with Crippen molar-refractivity contribution in [3.63, 3.8) is 0 Å². The van der Waals surface area contributed by atoms with Crippen molar-refractivity contribution in [3.05, 3.63) is 135 Å². The first kappa shape index (κ1) is 36.9. The van der Waals surface area contributed by atoms with E-state index < -0.39 is 17.5 Å². The third kappa shape index (κ3) is 10.3. The number of pyridine rings is 4. The van der Waals surface area contributed by atoms with E-state index in [4.69, 9.17) is 40.5 Å². The molecule has 6 rings (SSSR count). The molecular weight excluding hydrogens is 707 g/mol. The number of nitrogens with one attached hydrogen (secondary N) is 1. The standard InChI is InChI=1S/C16H12ClF2N5.C12H12FN3.C4HCl2FN2/c1-9-4-11(2-3-20-9)14-12(18)5-10(6-21-14)7-22-16-13(19)15(17)23-8-24-16;1-8-4-10(2-3-15-8)12-11(13)5-9(6-14)7-16-12;5-3-2(7)4(6)9-1-8-3/h2-6,8H,7H2,1H3,(H,22,23,24);2-5,7H,6,14H2,1H3;1H. The van der Waals surface area contributed by atoms with Crippen LogP contribution in [0, 0.1) is 37.1 Å². The van der Waals surface area contributed by atoms with Gasteiger partial charge in [0.2, 0.25) is 5.82 Å². The molecule has 6 aromatic heterocycles. The molecule has 0 fully saturated rings. The summed E-state index contributed by atoms with van der Waals surface area (Å²) in [6.07, 6.45) is 8.58. The molecule has 252 valence electrons. The molecule has 0 saturated carbocycles. The summed E-state index contributed by atoms with van der Waals surface area (Å²) >= 11 is 16.0. The largest absolute Gasteiger partial charge is 0.363 e. The summed E-state index contributed by atoms with van der Waals surface area (Å²) in [6.45, 7) is 4.11. The zero-order valence-electron chi connectivity index (χ0n) is 25.6. The normalized spacial score (nSPS) is 10.4. The van der Waals surface area contributed by atoms with E-state index in [0.29, 0.717) is 28.9 Å². The molecule has 3 N–H and O–H groups in total. The Labute approximate surface area is 292 Å². The van der Waals surface area contributed by atoms with Gasteiger partial charge in [0.15, 0.2) is 27.1 Å². The van der Waals surface area contributed by atoms with Gasteiger partial charge in [-0.3, -0.25) is 19.9 Å². The number of hydrogen-bond acceptors (Lipinski definition) is 10. The lowest BCUT2D eigenvalue weighted by atomic mass is 10.1. The van der Waals surface area contributed by atoms with E-state index in [1.807, 2.05) is 13.8 Å². The second-order valence-corrected chi connectivity index (χ2v) is 10.9. The highest BCUT2D eigenvalue weighted by Gasteiger charge is 2.12. The van der Waals surface area contributed by atoms with Crippen LogP contribution in [0.25, 0.3) is 22.5 Å². The predicted octanol–water partition coefficient (Wildman–Crippen LogP) is 7.76. The molecule has 17 heteroatoms. The lowest BCUT2D eigenvalue weighted by Crippen LogP contribution is -2.06. The van der Waals surface area contributed by atoms with Crippen LogP contribution in [0.3, 0.4) is 0 Å². The highest BCUT2D eigenvalue weighted by atomic mass is 35.5. The third-order valence-electron chi connectivity index (χ3n) is 6.28. The molecule has 0 amide bonds. The van der Waals surface area contributed by atoms with Gasteiger partial charge in [-0.25, -0.2) is 33.1 Å². The fourth-order valence-electron chi connectivity index (χ4n) is 3.96. The van der Waals surface area contributed by atoms with Crippen LogP contribution in [0.15, 0.2) is 73.8 Å². The Hall–Kier alpha value is -4.89. The van der Waals surface area contributed by atoms with Gasteiger partial charge in [0.25, 0.3) is 0 Å². The van der Waals surface area contributed by atoms with Crippen LogP contribution < -0.4 is 11.1 Å². The molecule has 0 aliphatic carbocycles. The Morgan fingerprint density at radius 1 is 0.612 bits per heavy atom. The zero-order valence-corrected chi connectivity index (χ0v) is 27.9. The molecule has 0 atom stereocenters. The van der Waals surface area contributed by atoms with Gasteiger partial charge >= 0.3 is 0 Å². The molecular formula is C32H25Cl3F4N10. The van der Waals surface area contributed by atoms with E-state index in [-0.39, 0.29) is 39.3 Å². The minimum Gasteiger partial charge on any atom is -0.363 e. The molecule has 0 aromatic carbocycles. The topological polar surface area (TPSA) is 141 Å². The van der Waals surface area contributed by atoms with Crippen molar-refractivity contribution in [1.82, 2.24) is 39.9 Å². The second kappa shape index (κ2) is 17.5. The molecule has 0 unspecified atom stereocenters. The van der Waals surface area contributed by atoms with Gasteiger partial charge in [0.1, 0.15) is 35.7 Å². The molecule has 0 aliphatic rings. The third-order valence-corrected chi connectivity index (χ3v) is 7.07. The minimum absolute atomic E-state index is 0.0516. The zero-order chi connectivity index (χ0) is 35.5. The van der Waals surface area contributed by atoms with Crippen LogP contribution in [0.1, 0.15) is 22.5 Å². The van der Waals surface area contributed by atoms with E-state index in [0.717, 1.165) is 29.6 Å². The van der Waals surface area contributed by atoms with E-state index in [9.17, 15) is 17.6 Å². The summed E-state index contributed by atoms with van der Waals surface area (Å²) in [6, 6.07) is 9.73. The number of aromatic nitrogens is 8. The molecule has 0 saturated heterocycles. The smallest absolute Gasteiger partial charge is 0.202 e. The van der Waals surface area contributed by atoms with Gasteiger partial charge in [-0.2, -0.15) is 4.39 Å². The maximum atomic E-state index is 14.3. The van der Waals surface area contributed by atoms with Crippen LogP contribution in [-0.2, 0) is 13.1 Å². The van der Waals surface area contributed by atoms with Crippen molar-refractivity contribution in [1.29, 1.82) is 0 Å². The Morgan fingerprint density at radius 2 is 1.08 bits per heavy atom. The van der Waals surface area contributed by atoms with E-state index in [2.05, 4.69) is 45.2 Å². The number of halogens is 7. The Balaban J connectivity index is 0.000000185. The molecule has 10 nitrogen and oxygen atoms in total. The molecule has 6 heterocycles. The summed E-state index contributed by atoms with van der Waals surface area (Å²) in [4.78, 5) is 30.3. The fraction of sp³-hybridized carbons (Fsp3) is 0.125. The lowest BCUT2D eigenvalue weighted by molar-refractivity contribution is 0.614. The average molecular weight is 732 g/mol. The molecule has 0 spiro atoms. The fourth-order valence-corrected chi connectivity index (χ4v) is 4.41. The number of hydrogen-bond donors (Lipinski definition) is 2. The van der Waals surface area contributed by atoms with Crippen molar-refractivity contribution < 1.29 is 17.6 Å². The summed E-state index contributed by atoms with van der Waals surface area (Å²) in [5.74, 6) is -2.41. The van der Waals surface area contributed by atoms with Crippen molar-refractivity contribution in [2.75, 3.05) is 5.32 Å². The van der Waals surface area contributed by atoms with Gasteiger partial charge in [-0.1, -0.05) is 34.8 Å². The van der Waals surface area contributed by atoms with Crippen molar-refractivity contribution >= 4 is 40.6 Å². The molecule has 49 heavy (non-hydrogen) atoms. The molecule has 0 bridgehead atoms. The second-order valence-electron chi connectivity index (χ2n) is 9.87. The number of anilines is 1. The summed E-state index contributed by atoms with van der Waals surface area (Å²) in [5, 5.41) is 1.95. The molecule has 0 aliphatic heterocycles. The maximum absolute atomic E-state index is 14.3. The maximum Gasteiger partial charge on any atom is 0.202 e. The van der Waals surface area contributed by atoms with Gasteiger partial charge in [-0.05, 0) is 61.4 Å². The van der Waals surface area contributed by atoms with Crippen LogP contribution >= 0.6 is 34.8 Å². The van der Waals surface area contributed by atoms with E-state index in [1.54, 1.807) is 42.9 Å². The monoisotopic (exact) mass is 730 g/mol. The number of nitrogens with zero attached hydrogens (tertiary/aromatic N) is 8. The molecule has 6 aromatic rings. The van der Waals surface area contributed by atoms with Crippen LogP contribution in [-0.4, -0.2) is 39.9 Å². The first-order chi connectivity index (χ1) is 23.5. The SMILES string of the molecule is Cc1cc(-c2ncc(CN)cc2F)ccn1.Cc1cc(-c2ncc(CNc3ncnc(Cl)c3F)cc2F)ccn1.Fc1c(Cl)ncnc1Cl. The Kier molecular flexibility index (Phi) is 13.2. The lowest BCUT2D eigenvalue weighted by Gasteiger charge is -2.08. The van der Waals surface area contributed by atoms with Gasteiger partial charge in [0.05, 0.1) is 0 Å². The highest BCUT2D eigenvalue weighted by Crippen LogP contribution is 2.23. The number of rotatable bonds is 6. The predicted molar refractivity (Wildman–Crippen MR) is 179 cm³/mol. The first-order valence-electron chi connectivity index (χ1n) is 14.0. The van der Waals surface area contributed by atoms with E-state index in [1.165, 1.54) is 18.3 Å². The van der Waals surface area contributed by atoms with Crippen molar-refractivity contribution in [2.24, 2.45) is 5.73 Å². The number of nitrogens with two attached hydrogens (primary N) is 1. The van der Waals surface area contributed by atoms with E-state index >= 15 is 0 Å². The highest BCUT2D eigenvalue weighted by molar-refractivity contribution is 6.33. The molecule has 0 radical (unpaired) electrons. The van der Waals surface area contributed by atoms with Gasteiger partial charge in [-0.15, -0.1) is 0 Å². The Morgan fingerprint density at radius 3 is 1.55 bits per heavy atom. The average Bonchev–Trinajstić information content (AvgIpc) is 3.08. The minimum atomic E-state index is -0.777. The van der Waals surface area contributed by atoms with Crippen molar-refractivity contribution in [3.8, 4) is 22.5 Å². The van der Waals surface area contributed by atoms with Gasteiger partial charge in [0, 0.05) is 60.4 Å². The van der Waals surface area contributed by atoms with Crippen LogP contribution in [0.2, 0.25) is 15.5 Å². The summed E-state index contributed by atoms with van der Waals surface area (Å²) < 4.78 is 54.1. The first-order valence-corrected chi connectivity index (χ1v) is 15.2. The number of aryl methyl sites for hydroxylation is 2. The van der Waals surface area contributed by atoms with Gasteiger partial charge < -0.3 is 11.1 Å². The van der Waals surface area contributed by atoms with Crippen molar-refractivity contribution in [2.45, 2.75) is 26.9 Å². The Bertz CT molecular complexity index is 2040. The summed E-state index contributed by atoms with van der Waals surface area (Å²) in [7, 11) is 0. The summed E-state index contributed by atoms with van der Waals surface area (Å²) in [5.41, 5.74) is 10.2. The van der Waals surface area contributed by atoms with Crippen LogP contribution in [0.4, 0.5) is 23.4 Å². The van der Waals surface area contributed by atoms with Crippen LogP contribution in [0.5, 0.6) is 0 Å².